The highest BCUT2D eigenvalue weighted by atomic mass is 28.4. The summed E-state index contributed by atoms with van der Waals surface area (Å²) in [5.41, 5.74) is 0.152. The second kappa shape index (κ2) is 4.97. The number of halogens is 3. The second-order valence-electron chi connectivity index (χ2n) is 6.73. The Bertz CT molecular complexity index is 430. The van der Waals surface area contributed by atoms with Crippen LogP contribution >= 0.6 is 0 Å². The van der Waals surface area contributed by atoms with Gasteiger partial charge in [0.25, 0.3) is 0 Å². The molecule has 0 saturated carbocycles. The Morgan fingerprint density at radius 1 is 0.895 bits per heavy atom. The van der Waals surface area contributed by atoms with Gasteiger partial charge in [0.05, 0.1) is 5.56 Å². The first-order chi connectivity index (χ1) is 8.33. The topological polar surface area (TPSA) is 3.24 Å². The Balaban J connectivity index is 3.34. The van der Waals surface area contributed by atoms with Gasteiger partial charge in [0.2, 0.25) is 0 Å². The van der Waals surface area contributed by atoms with Crippen LogP contribution in [0.25, 0.3) is 0 Å². The summed E-state index contributed by atoms with van der Waals surface area (Å²) in [4.78, 5) is 0. The van der Waals surface area contributed by atoms with Crippen LogP contribution in [-0.2, 0) is 6.18 Å². The predicted molar refractivity (Wildman–Crippen MR) is 80.6 cm³/mol. The van der Waals surface area contributed by atoms with Gasteiger partial charge in [-0.3, -0.25) is 0 Å². The number of nitrogens with zero attached hydrogens (tertiary/aromatic N) is 1. The van der Waals surface area contributed by atoms with Crippen molar-refractivity contribution in [3.05, 3.63) is 29.8 Å². The molecular formula is C13H22F3NSi2. The minimum absolute atomic E-state index is 0.563. The molecule has 1 rings (SSSR count). The number of anilines is 1. The van der Waals surface area contributed by atoms with E-state index in [1.54, 1.807) is 6.07 Å². The van der Waals surface area contributed by atoms with Gasteiger partial charge in [0.1, 0.15) is 16.5 Å². The maximum absolute atomic E-state index is 12.8. The minimum atomic E-state index is -4.28. The lowest BCUT2D eigenvalue weighted by atomic mass is 10.2. The Morgan fingerprint density at radius 3 is 1.74 bits per heavy atom. The molecule has 0 amide bonds. The van der Waals surface area contributed by atoms with Crippen LogP contribution in [0.1, 0.15) is 5.56 Å². The van der Waals surface area contributed by atoms with Crippen LogP contribution < -0.4 is 4.23 Å². The molecule has 0 aliphatic carbocycles. The fourth-order valence-corrected chi connectivity index (χ4v) is 12.5. The summed E-state index contributed by atoms with van der Waals surface area (Å²) in [6, 6.07) is 5.73. The zero-order chi connectivity index (χ0) is 15.1. The highest BCUT2D eigenvalue weighted by Gasteiger charge is 2.36. The van der Waals surface area contributed by atoms with Gasteiger partial charge in [-0.15, -0.1) is 0 Å². The normalized spacial score (nSPS) is 13.5. The summed E-state index contributed by atoms with van der Waals surface area (Å²) < 4.78 is 40.8. The van der Waals surface area contributed by atoms with E-state index >= 15 is 0 Å². The summed E-state index contributed by atoms with van der Waals surface area (Å²) in [7, 11) is -3.43. The third-order valence-corrected chi connectivity index (χ3v) is 10.00. The molecule has 1 aromatic rings. The number of hydrogen-bond donors (Lipinski definition) is 0. The largest absolute Gasteiger partial charge is 0.425 e. The van der Waals surface area contributed by atoms with Gasteiger partial charge in [-0.05, 0) is 18.2 Å². The second-order valence-corrected chi connectivity index (χ2v) is 16.8. The Hall–Kier alpha value is -0.756. The summed E-state index contributed by atoms with van der Waals surface area (Å²) >= 11 is 0. The monoisotopic (exact) mass is 305 g/mol. The van der Waals surface area contributed by atoms with E-state index in [1.165, 1.54) is 12.1 Å². The van der Waals surface area contributed by atoms with E-state index in [9.17, 15) is 13.2 Å². The molecule has 0 spiro atoms. The van der Waals surface area contributed by atoms with Gasteiger partial charge in [-0.2, -0.15) is 13.2 Å². The van der Waals surface area contributed by atoms with E-state index in [0.717, 1.165) is 6.07 Å². The quantitative estimate of drug-likeness (QED) is 0.695. The third kappa shape index (κ3) is 4.10. The van der Waals surface area contributed by atoms with Crippen molar-refractivity contribution in [1.29, 1.82) is 0 Å². The molecule has 0 aliphatic rings. The number of hydrogen-bond acceptors (Lipinski definition) is 1. The molecule has 19 heavy (non-hydrogen) atoms. The Morgan fingerprint density at radius 2 is 1.37 bits per heavy atom. The average molecular weight is 305 g/mol. The average Bonchev–Trinajstić information content (AvgIpc) is 2.11. The molecular weight excluding hydrogens is 283 g/mol. The van der Waals surface area contributed by atoms with Gasteiger partial charge in [0.15, 0.2) is 0 Å². The molecule has 0 heterocycles. The van der Waals surface area contributed by atoms with Crippen molar-refractivity contribution in [1.82, 2.24) is 0 Å². The predicted octanol–water partition coefficient (Wildman–Crippen LogP) is 5.18. The van der Waals surface area contributed by atoms with Crippen molar-refractivity contribution in [3.63, 3.8) is 0 Å². The van der Waals surface area contributed by atoms with Crippen molar-refractivity contribution in [3.8, 4) is 0 Å². The molecule has 0 aliphatic heterocycles. The van der Waals surface area contributed by atoms with Crippen LogP contribution in [0.3, 0.4) is 0 Å². The van der Waals surface area contributed by atoms with E-state index in [4.69, 9.17) is 0 Å². The number of rotatable bonds is 3. The summed E-state index contributed by atoms with van der Waals surface area (Å²) in [5, 5.41) is 0. The summed E-state index contributed by atoms with van der Waals surface area (Å²) in [5.74, 6) is 0. The zero-order valence-electron chi connectivity index (χ0n) is 12.4. The lowest BCUT2D eigenvalue weighted by Gasteiger charge is -2.46. The fourth-order valence-electron chi connectivity index (χ4n) is 2.60. The van der Waals surface area contributed by atoms with Crippen molar-refractivity contribution in [2.24, 2.45) is 0 Å². The zero-order valence-corrected chi connectivity index (χ0v) is 14.4. The molecule has 0 unspecified atom stereocenters. The first-order valence-electron chi connectivity index (χ1n) is 6.31. The fraction of sp³-hybridized carbons (Fsp3) is 0.538. The van der Waals surface area contributed by atoms with E-state index in [0.29, 0.717) is 5.69 Å². The Labute approximate surface area is 115 Å². The van der Waals surface area contributed by atoms with E-state index < -0.39 is 28.2 Å². The van der Waals surface area contributed by atoms with Gasteiger partial charge in [-0.1, -0.05) is 45.3 Å². The van der Waals surface area contributed by atoms with Gasteiger partial charge >= 0.3 is 6.18 Å². The van der Waals surface area contributed by atoms with Crippen LogP contribution in [0, 0.1) is 0 Å². The molecule has 6 heteroatoms. The van der Waals surface area contributed by atoms with Crippen LogP contribution in [-0.4, -0.2) is 16.5 Å². The molecule has 0 N–H and O–H groups in total. The molecule has 1 aromatic carbocycles. The molecule has 0 bridgehead atoms. The Kier molecular flexibility index (Phi) is 4.27. The van der Waals surface area contributed by atoms with E-state index in [2.05, 4.69) is 43.5 Å². The summed E-state index contributed by atoms with van der Waals surface area (Å²) in [6.45, 7) is 13.0. The molecule has 0 fully saturated rings. The van der Waals surface area contributed by atoms with Gasteiger partial charge < -0.3 is 4.23 Å². The standard InChI is InChI=1S/C13H22F3NSi2/c1-18(2,3)17(19(4,5)6)12-9-7-8-11(10-12)13(14,15)16/h7-10H,1-6H3. The molecule has 0 saturated heterocycles. The van der Waals surface area contributed by atoms with Gasteiger partial charge in [0, 0.05) is 5.69 Å². The van der Waals surface area contributed by atoms with Crippen LogP contribution in [0.2, 0.25) is 39.3 Å². The van der Waals surface area contributed by atoms with Crippen molar-refractivity contribution < 1.29 is 13.2 Å². The highest BCUT2D eigenvalue weighted by Crippen LogP contribution is 2.34. The van der Waals surface area contributed by atoms with Crippen LogP contribution in [0.15, 0.2) is 24.3 Å². The smallest absolute Gasteiger partial charge is 0.416 e. The van der Waals surface area contributed by atoms with Crippen molar-refractivity contribution in [2.45, 2.75) is 45.5 Å². The lowest BCUT2D eigenvalue weighted by Crippen LogP contribution is -2.59. The first kappa shape index (κ1) is 16.3. The third-order valence-electron chi connectivity index (χ3n) is 2.77. The number of benzene rings is 1. The first-order valence-corrected chi connectivity index (χ1v) is 13.2. The van der Waals surface area contributed by atoms with Crippen LogP contribution in [0.4, 0.5) is 18.9 Å². The van der Waals surface area contributed by atoms with Gasteiger partial charge in [-0.25, -0.2) is 0 Å². The SMILES string of the molecule is C[Si](C)(C)N(c1cccc(C(F)(F)F)c1)[Si](C)(C)C. The van der Waals surface area contributed by atoms with E-state index in [1.807, 2.05) is 0 Å². The lowest BCUT2D eigenvalue weighted by molar-refractivity contribution is -0.137. The maximum atomic E-state index is 12.8. The molecule has 108 valence electrons. The van der Waals surface area contributed by atoms with E-state index in [-0.39, 0.29) is 0 Å². The molecule has 0 radical (unpaired) electrons. The van der Waals surface area contributed by atoms with Crippen molar-refractivity contribution >= 4 is 22.2 Å². The summed E-state index contributed by atoms with van der Waals surface area (Å²) in [6.07, 6.45) is -4.28. The minimum Gasteiger partial charge on any atom is -0.425 e. The number of alkyl halides is 3. The molecule has 0 aromatic heterocycles. The van der Waals surface area contributed by atoms with Crippen LogP contribution in [0.5, 0.6) is 0 Å². The molecule has 0 atom stereocenters. The highest BCUT2D eigenvalue weighted by molar-refractivity contribution is 6.99. The molecule has 1 nitrogen and oxygen atoms in total. The maximum Gasteiger partial charge on any atom is 0.416 e. The van der Waals surface area contributed by atoms with Crippen molar-refractivity contribution in [2.75, 3.05) is 4.23 Å².